The molecule has 0 spiro atoms. The lowest BCUT2D eigenvalue weighted by Crippen LogP contribution is -2.16. The van der Waals surface area contributed by atoms with Crippen LogP contribution < -0.4 is 9.80 Å². The second kappa shape index (κ2) is 23.6. The molecule has 0 saturated heterocycles. The highest BCUT2D eigenvalue weighted by Crippen LogP contribution is 2.52. The zero-order valence-corrected chi connectivity index (χ0v) is 56.1. The summed E-state index contributed by atoms with van der Waals surface area (Å²) in [4.78, 5) is 15.7. The average Bonchev–Trinajstić information content (AvgIpc) is 1.41. The van der Waals surface area contributed by atoms with Crippen LogP contribution in [0.25, 0.3) is 140 Å². The second-order valence-corrected chi connectivity index (χ2v) is 28.5. The van der Waals surface area contributed by atoms with Crippen LogP contribution in [0, 0.1) is 0 Å². The maximum atomic E-state index is 5.63. The van der Waals surface area contributed by atoms with Crippen molar-refractivity contribution in [3.05, 3.63) is 351 Å². The molecule has 4 nitrogen and oxygen atoms in total. The molecule has 19 rings (SSSR count). The van der Waals surface area contributed by atoms with Crippen LogP contribution in [-0.4, -0.2) is 9.97 Å². The van der Waals surface area contributed by atoms with Gasteiger partial charge in [0.1, 0.15) is 10.0 Å². The van der Waals surface area contributed by atoms with E-state index in [1.54, 1.807) is 22.7 Å². The zero-order chi connectivity index (χ0) is 65.7. The third-order valence-electron chi connectivity index (χ3n) is 20.3. The number of aromatic nitrogens is 2. The van der Waals surface area contributed by atoms with Crippen molar-refractivity contribution in [2.45, 2.75) is 19.3 Å². The molecule has 2 heterocycles. The van der Waals surface area contributed by atoms with Crippen molar-refractivity contribution in [3.63, 3.8) is 0 Å². The molecule has 0 N–H and O–H groups in total. The van der Waals surface area contributed by atoms with E-state index in [1.165, 1.54) is 81.5 Å². The van der Waals surface area contributed by atoms with Gasteiger partial charge in [-0.15, -0.1) is 22.7 Å². The van der Waals surface area contributed by atoms with Gasteiger partial charge < -0.3 is 9.80 Å². The summed E-state index contributed by atoms with van der Waals surface area (Å²) in [5.41, 5.74) is 25.4. The first-order valence-corrected chi connectivity index (χ1v) is 35.5. The molecule has 0 fully saturated rings. The minimum Gasteiger partial charge on any atom is -0.310 e. The number of thiazole rings is 2. The molecule has 466 valence electrons. The van der Waals surface area contributed by atoms with Gasteiger partial charge in [-0.05, 0) is 190 Å². The van der Waals surface area contributed by atoms with Gasteiger partial charge in [-0.3, -0.25) is 0 Å². The predicted octanol–water partition coefficient (Wildman–Crippen LogP) is 26.8. The Morgan fingerprint density at radius 1 is 0.253 bits per heavy atom. The molecule has 0 radical (unpaired) electrons. The molecule has 0 atom stereocenters. The quantitative estimate of drug-likeness (QED) is 0.114. The number of anilines is 6. The molecule has 1 aliphatic rings. The average molecular weight is 1300 g/mol. The number of nitrogens with zero attached hydrogens (tertiary/aromatic N) is 4. The number of hydrogen-bond donors (Lipinski definition) is 0. The first-order valence-electron chi connectivity index (χ1n) is 33.8. The van der Waals surface area contributed by atoms with Crippen LogP contribution in [0.4, 0.5) is 34.1 Å². The van der Waals surface area contributed by atoms with Gasteiger partial charge in [0, 0.05) is 61.4 Å². The molecule has 18 aromatic rings. The molecule has 0 bridgehead atoms. The van der Waals surface area contributed by atoms with Gasteiger partial charge in [-0.1, -0.05) is 263 Å². The van der Waals surface area contributed by atoms with Crippen LogP contribution in [0.15, 0.2) is 340 Å². The topological polar surface area (TPSA) is 32.3 Å². The third kappa shape index (κ3) is 10.1. The Labute approximate surface area is 582 Å². The molecule has 1 aliphatic carbocycles. The Hall–Kier alpha value is -12.1. The van der Waals surface area contributed by atoms with E-state index in [0.717, 1.165) is 104 Å². The Kier molecular flexibility index (Phi) is 13.9. The smallest absolute Gasteiger partial charge is 0.125 e. The highest BCUT2D eigenvalue weighted by atomic mass is 32.1. The molecule has 16 aromatic carbocycles. The van der Waals surface area contributed by atoms with E-state index in [9.17, 15) is 0 Å². The molecular weight excluding hydrogens is 1240 g/mol. The largest absolute Gasteiger partial charge is 0.310 e. The van der Waals surface area contributed by atoms with Gasteiger partial charge in [0.15, 0.2) is 0 Å². The predicted molar refractivity (Wildman–Crippen MR) is 422 cm³/mol. The molecule has 2 aromatic heterocycles. The summed E-state index contributed by atoms with van der Waals surface area (Å²) in [5, 5.41) is 11.4. The van der Waals surface area contributed by atoms with Crippen LogP contribution in [0.5, 0.6) is 0 Å². The van der Waals surface area contributed by atoms with Gasteiger partial charge in [0.25, 0.3) is 0 Å². The fourth-order valence-corrected chi connectivity index (χ4v) is 17.3. The summed E-state index contributed by atoms with van der Waals surface area (Å²) in [6.45, 7) is 4.72. The Balaban J connectivity index is 0.658. The van der Waals surface area contributed by atoms with Gasteiger partial charge in [0.05, 0.1) is 20.4 Å². The van der Waals surface area contributed by atoms with Crippen LogP contribution in [-0.2, 0) is 5.41 Å². The maximum Gasteiger partial charge on any atom is 0.125 e. The molecule has 0 unspecified atom stereocenters. The fraction of sp³-hybridized carbons (Fsp3) is 0.0323. The van der Waals surface area contributed by atoms with Gasteiger partial charge >= 0.3 is 0 Å². The van der Waals surface area contributed by atoms with Gasteiger partial charge in [-0.2, -0.15) is 0 Å². The van der Waals surface area contributed by atoms with Crippen molar-refractivity contribution in [3.8, 4) is 76.8 Å². The third-order valence-corrected chi connectivity index (χ3v) is 22.4. The second-order valence-electron chi connectivity index (χ2n) is 26.4. The molecule has 0 amide bonds. The summed E-state index contributed by atoms with van der Waals surface area (Å²) in [6.07, 6.45) is 0. The van der Waals surface area contributed by atoms with Crippen molar-refractivity contribution < 1.29 is 0 Å². The van der Waals surface area contributed by atoms with Crippen LogP contribution in [0.1, 0.15) is 25.0 Å². The lowest BCUT2D eigenvalue weighted by Gasteiger charge is -2.28. The molecule has 0 aliphatic heterocycles. The number of hydrogen-bond acceptors (Lipinski definition) is 6. The lowest BCUT2D eigenvalue weighted by molar-refractivity contribution is 0.660. The van der Waals surface area contributed by atoms with Crippen LogP contribution >= 0.6 is 22.7 Å². The SMILES string of the molecule is CC1(C)c2ccccc2-c2ccc(N(c3ccc(-c4ccccc4)cc3)c3ccc4c(ccc5ccc6sc(-c7ccccc7-c7cccc(-c8ccc(N(c9ccc(-c%10ccccc%10)cc9)c9ccc%10c(ccc%11ccc%12sc(-c%13ccccc%13)nc%12c%11%10)c9)cc8)c7)nc6c54)c3)cc21. The summed E-state index contributed by atoms with van der Waals surface area (Å²) < 4.78 is 2.35. The van der Waals surface area contributed by atoms with E-state index in [0.29, 0.717) is 0 Å². The summed E-state index contributed by atoms with van der Waals surface area (Å²) in [6, 6.07) is 124. The van der Waals surface area contributed by atoms with Gasteiger partial charge in [-0.25, -0.2) is 9.97 Å². The van der Waals surface area contributed by atoms with E-state index >= 15 is 0 Å². The monoisotopic (exact) mass is 1300 g/mol. The molecule has 99 heavy (non-hydrogen) atoms. The highest BCUT2D eigenvalue weighted by Gasteiger charge is 2.36. The minimum absolute atomic E-state index is 0.143. The Morgan fingerprint density at radius 2 is 0.636 bits per heavy atom. The van der Waals surface area contributed by atoms with E-state index in [-0.39, 0.29) is 5.41 Å². The van der Waals surface area contributed by atoms with Crippen molar-refractivity contribution in [1.82, 2.24) is 9.97 Å². The van der Waals surface area contributed by atoms with E-state index in [4.69, 9.17) is 9.97 Å². The number of benzene rings is 16. The summed E-state index contributed by atoms with van der Waals surface area (Å²) in [7, 11) is 0. The standard InChI is InChI=1S/C93H62N4S2/c1-93(2)83-28-15-14-26-80(83)81-52-49-76(58-84(81)93)97(73-43-35-62(36-44-73)60-19-8-4-9-20-60)75-48-51-79-70(57-75)32-30-65-40-54-86-90(88(65)79)95-92(99-86)82-27-13-12-25-77(82)68-24-16-23-67(55-68)63-37-45-72(46-38-63)96(71-41-33-61(34-42-71)59-17-6-3-7-18-59)74-47-50-78-69(56-74)31-29-64-39-53-85-89(87(64)78)94-91(98-85)66-21-10-5-11-22-66/h3-58H,1-2H3. The van der Waals surface area contributed by atoms with Gasteiger partial charge in [0.2, 0.25) is 0 Å². The Morgan fingerprint density at radius 3 is 1.20 bits per heavy atom. The van der Waals surface area contributed by atoms with Crippen molar-refractivity contribution >= 4 is 120 Å². The van der Waals surface area contributed by atoms with E-state index in [1.807, 2.05) is 0 Å². The van der Waals surface area contributed by atoms with E-state index in [2.05, 4.69) is 363 Å². The summed E-state index contributed by atoms with van der Waals surface area (Å²) in [5.74, 6) is 0. The first kappa shape index (κ1) is 58.3. The van der Waals surface area contributed by atoms with Crippen molar-refractivity contribution in [2.75, 3.05) is 9.80 Å². The molecule has 6 heteroatoms. The fourth-order valence-electron chi connectivity index (χ4n) is 15.3. The van der Waals surface area contributed by atoms with E-state index < -0.39 is 0 Å². The lowest BCUT2D eigenvalue weighted by atomic mass is 9.82. The molecule has 0 saturated carbocycles. The number of rotatable bonds is 12. The Bertz CT molecular complexity index is 6180. The first-order chi connectivity index (χ1) is 48.8. The minimum atomic E-state index is -0.143. The maximum absolute atomic E-state index is 5.63. The van der Waals surface area contributed by atoms with Crippen LogP contribution in [0.3, 0.4) is 0 Å². The van der Waals surface area contributed by atoms with Crippen molar-refractivity contribution in [2.24, 2.45) is 0 Å². The summed E-state index contributed by atoms with van der Waals surface area (Å²) >= 11 is 3.52. The molecular formula is C93H62N4S2. The van der Waals surface area contributed by atoms with Crippen molar-refractivity contribution in [1.29, 1.82) is 0 Å². The normalized spacial score (nSPS) is 12.4. The number of fused-ring (bicyclic) bond motifs is 13. The zero-order valence-electron chi connectivity index (χ0n) is 54.4. The highest BCUT2D eigenvalue weighted by molar-refractivity contribution is 7.22. The van der Waals surface area contributed by atoms with Crippen LogP contribution in [0.2, 0.25) is 0 Å².